The van der Waals surface area contributed by atoms with Crippen LogP contribution in [0.25, 0.3) is 0 Å². The van der Waals surface area contributed by atoms with Gasteiger partial charge in [0, 0.05) is 16.5 Å². The molecule has 2 aromatic rings. The molecule has 1 aliphatic rings. The molecule has 0 unspecified atom stereocenters. The fourth-order valence-corrected chi connectivity index (χ4v) is 4.13. The average Bonchev–Trinajstić information content (AvgIpc) is 2.64. The zero-order valence-corrected chi connectivity index (χ0v) is 16.6. The summed E-state index contributed by atoms with van der Waals surface area (Å²) in [4.78, 5) is 3.43. The number of quaternary nitrogens is 2. The average molecular weight is 405 g/mol. The minimum absolute atomic E-state index is 1.01. The monoisotopic (exact) mass is 404 g/mol. The normalized spacial score (nSPS) is 20.4. The summed E-state index contributed by atoms with van der Waals surface area (Å²) >= 11 is 3.58. The molecule has 1 heterocycles. The van der Waals surface area contributed by atoms with Crippen molar-refractivity contribution >= 4 is 15.9 Å². The van der Waals surface area contributed by atoms with Crippen molar-refractivity contribution in [2.24, 2.45) is 0 Å². The molecule has 0 bridgehead atoms. The van der Waals surface area contributed by atoms with Crippen LogP contribution in [0.5, 0.6) is 5.75 Å². The highest BCUT2D eigenvalue weighted by Gasteiger charge is 2.23. The van der Waals surface area contributed by atoms with Crippen molar-refractivity contribution in [1.82, 2.24) is 0 Å². The summed E-state index contributed by atoms with van der Waals surface area (Å²) in [6.07, 6.45) is 2.49. The van der Waals surface area contributed by atoms with E-state index in [4.69, 9.17) is 4.74 Å². The largest absolute Gasteiger partial charge is 0.496 e. The van der Waals surface area contributed by atoms with Gasteiger partial charge in [-0.25, -0.2) is 0 Å². The third-order valence-corrected chi connectivity index (χ3v) is 5.68. The molecule has 1 saturated heterocycles. The van der Waals surface area contributed by atoms with Crippen LogP contribution >= 0.6 is 15.9 Å². The van der Waals surface area contributed by atoms with Gasteiger partial charge < -0.3 is 14.5 Å². The summed E-state index contributed by atoms with van der Waals surface area (Å²) < 4.78 is 6.65. The number of methoxy groups -OCH3 is 1. The number of ether oxygens (including phenoxy) is 1. The first kappa shape index (κ1) is 18.4. The van der Waals surface area contributed by atoms with E-state index in [1.54, 1.807) is 16.9 Å². The molecular weight excluding hydrogens is 376 g/mol. The fourth-order valence-electron chi connectivity index (χ4n) is 3.73. The van der Waals surface area contributed by atoms with Gasteiger partial charge in [-0.1, -0.05) is 46.3 Å². The van der Waals surface area contributed by atoms with Gasteiger partial charge in [-0.2, -0.15) is 0 Å². The molecule has 0 aliphatic carbocycles. The van der Waals surface area contributed by atoms with Crippen molar-refractivity contribution in [2.75, 3.05) is 39.8 Å². The number of benzene rings is 2. The SMILES string of the molecule is COc1ccc(Br)cc1C[NH+]1CC[NH+](CCCc2ccccc2)CC1. The Morgan fingerprint density at radius 1 is 0.960 bits per heavy atom. The number of halogens is 1. The number of rotatable bonds is 7. The van der Waals surface area contributed by atoms with Crippen molar-refractivity contribution in [3.05, 3.63) is 64.1 Å². The summed E-state index contributed by atoms with van der Waals surface area (Å²) in [6, 6.07) is 17.2. The van der Waals surface area contributed by atoms with E-state index >= 15 is 0 Å². The number of aryl methyl sites for hydroxylation is 1. The van der Waals surface area contributed by atoms with Crippen LogP contribution in [0.15, 0.2) is 53.0 Å². The van der Waals surface area contributed by atoms with Gasteiger partial charge in [-0.15, -0.1) is 0 Å². The quantitative estimate of drug-likeness (QED) is 0.713. The first-order valence-corrected chi connectivity index (χ1v) is 10.1. The van der Waals surface area contributed by atoms with Gasteiger partial charge in [-0.3, -0.25) is 0 Å². The smallest absolute Gasteiger partial charge is 0.127 e. The fraction of sp³-hybridized carbons (Fsp3) is 0.429. The zero-order chi connectivity index (χ0) is 17.5. The van der Waals surface area contributed by atoms with Crippen LogP contribution in [-0.4, -0.2) is 39.8 Å². The molecule has 2 aromatic carbocycles. The predicted octanol–water partition coefficient (Wildman–Crippen LogP) is 1.37. The van der Waals surface area contributed by atoms with Crippen LogP contribution < -0.4 is 14.5 Å². The molecular formula is C21H29BrN2O+2. The number of hydrogen-bond donors (Lipinski definition) is 2. The first-order valence-electron chi connectivity index (χ1n) is 9.28. The molecule has 1 fully saturated rings. The van der Waals surface area contributed by atoms with Gasteiger partial charge in [0.05, 0.1) is 13.7 Å². The summed E-state index contributed by atoms with van der Waals surface area (Å²) in [5.74, 6) is 1.01. The van der Waals surface area contributed by atoms with Gasteiger partial charge in [-0.05, 0) is 30.2 Å². The van der Waals surface area contributed by atoms with Crippen molar-refractivity contribution in [3.63, 3.8) is 0 Å². The summed E-state index contributed by atoms with van der Waals surface area (Å²) in [5.41, 5.74) is 2.77. The Bertz CT molecular complexity index is 654. The van der Waals surface area contributed by atoms with Gasteiger partial charge >= 0.3 is 0 Å². The number of piperazine rings is 1. The summed E-state index contributed by atoms with van der Waals surface area (Å²) in [7, 11) is 1.76. The standard InChI is InChI=1S/C21H27BrN2O/c1-25-21-10-9-20(22)16-19(21)17-24-14-12-23(13-15-24)11-5-8-18-6-3-2-4-7-18/h2-4,6-7,9-10,16H,5,8,11-15,17H2,1H3/p+2. The molecule has 1 aliphatic heterocycles. The van der Waals surface area contributed by atoms with Crippen molar-refractivity contribution < 1.29 is 14.5 Å². The maximum atomic E-state index is 5.52. The molecule has 0 aromatic heterocycles. The van der Waals surface area contributed by atoms with E-state index in [9.17, 15) is 0 Å². The third kappa shape index (κ3) is 5.56. The van der Waals surface area contributed by atoms with E-state index in [0.29, 0.717) is 0 Å². The van der Waals surface area contributed by atoms with E-state index in [1.807, 2.05) is 6.07 Å². The molecule has 2 N–H and O–H groups in total. The Balaban J connectivity index is 1.42. The van der Waals surface area contributed by atoms with E-state index in [0.717, 1.165) is 16.8 Å². The highest BCUT2D eigenvalue weighted by Crippen LogP contribution is 2.22. The third-order valence-electron chi connectivity index (χ3n) is 5.19. The minimum Gasteiger partial charge on any atom is -0.496 e. The number of nitrogens with one attached hydrogen (secondary N) is 2. The van der Waals surface area contributed by atoms with Crippen LogP contribution in [0.1, 0.15) is 17.5 Å². The molecule has 3 nitrogen and oxygen atoms in total. The highest BCUT2D eigenvalue weighted by molar-refractivity contribution is 9.10. The Hall–Kier alpha value is -1.36. The lowest BCUT2D eigenvalue weighted by Crippen LogP contribution is -3.27. The second kappa shape index (κ2) is 9.37. The molecule has 134 valence electrons. The number of hydrogen-bond acceptors (Lipinski definition) is 1. The molecule has 0 atom stereocenters. The Labute approximate surface area is 159 Å². The molecule has 0 spiro atoms. The van der Waals surface area contributed by atoms with E-state index in [1.165, 1.54) is 56.7 Å². The molecule has 0 amide bonds. The molecule has 0 radical (unpaired) electrons. The molecule has 4 heteroatoms. The summed E-state index contributed by atoms with van der Waals surface area (Å²) in [5, 5.41) is 0. The van der Waals surface area contributed by atoms with Crippen molar-refractivity contribution in [3.8, 4) is 5.75 Å². The lowest BCUT2D eigenvalue weighted by atomic mass is 10.1. The van der Waals surface area contributed by atoms with Crippen LogP contribution in [-0.2, 0) is 13.0 Å². The maximum absolute atomic E-state index is 5.52. The second-order valence-corrected chi connectivity index (χ2v) is 7.89. The first-order chi connectivity index (χ1) is 12.2. The van der Waals surface area contributed by atoms with Crippen LogP contribution in [0, 0.1) is 0 Å². The Morgan fingerprint density at radius 2 is 1.68 bits per heavy atom. The van der Waals surface area contributed by atoms with Crippen molar-refractivity contribution in [1.29, 1.82) is 0 Å². The van der Waals surface area contributed by atoms with Gasteiger partial charge in [0.1, 0.15) is 38.5 Å². The van der Waals surface area contributed by atoms with Gasteiger partial charge in [0.25, 0.3) is 0 Å². The lowest BCUT2D eigenvalue weighted by molar-refractivity contribution is -1.02. The van der Waals surface area contributed by atoms with Crippen LogP contribution in [0.2, 0.25) is 0 Å². The van der Waals surface area contributed by atoms with Crippen molar-refractivity contribution in [2.45, 2.75) is 19.4 Å². The topological polar surface area (TPSA) is 18.1 Å². The molecule has 3 rings (SSSR count). The highest BCUT2D eigenvalue weighted by atomic mass is 79.9. The van der Waals surface area contributed by atoms with Crippen LogP contribution in [0.3, 0.4) is 0 Å². The minimum atomic E-state index is 1.01. The predicted molar refractivity (Wildman–Crippen MR) is 105 cm³/mol. The van der Waals surface area contributed by atoms with Crippen LogP contribution in [0.4, 0.5) is 0 Å². The van der Waals surface area contributed by atoms with Gasteiger partial charge in [0.2, 0.25) is 0 Å². The molecule has 25 heavy (non-hydrogen) atoms. The van der Waals surface area contributed by atoms with E-state index in [2.05, 4.69) is 58.4 Å². The Morgan fingerprint density at radius 3 is 2.40 bits per heavy atom. The zero-order valence-electron chi connectivity index (χ0n) is 15.1. The lowest BCUT2D eigenvalue weighted by Gasteiger charge is -2.30. The van der Waals surface area contributed by atoms with E-state index in [-0.39, 0.29) is 0 Å². The maximum Gasteiger partial charge on any atom is 0.127 e. The molecule has 0 saturated carbocycles. The summed E-state index contributed by atoms with van der Waals surface area (Å²) in [6.45, 7) is 7.40. The Kier molecular flexibility index (Phi) is 6.91. The second-order valence-electron chi connectivity index (χ2n) is 6.97. The van der Waals surface area contributed by atoms with Gasteiger partial charge in [0.15, 0.2) is 0 Å². The van der Waals surface area contributed by atoms with E-state index < -0.39 is 0 Å².